The van der Waals surface area contributed by atoms with Crippen LogP contribution in [0.2, 0.25) is 0 Å². The maximum atomic E-state index is 5.45. The molecule has 0 spiro atoms. The minimum atomic E-state index is 0.343. The Kier molecular flexibility index (Phi) is 8.40. The highest BCUT2D eigenvalue weighted by Crippen LogP contribution is 1.99. The lowest BCUT2D eigenvalue weighted by atomic mass is 10.2. The molecule has 1 N–H and O–H groups in total. The van der Waals surface area contributed by atoms with Crippen LogP contribution in [0.5, 0.6) is 0 Å². The van der Waals surface area contributed by atoms with Gasteiger partial charge in [0.15, 0.2) is 0 Å². The van der Waals surface area contributed by atoms with Crippen molar-refractivity contribution in [3.8, 4) is 0 Å². The molecule has 0 rings (SSSR count). The minimum Gasteiger partial charge on any atom is -0.383 e. The number of hydrogen-bond acceptors (Lipinski definition) is 3. The lowest BCUT2D eigenvalue weighted by Gasteiger charge is -2.15. The van der Waals surface area contributed by atoms with Crippen molar-refractivity contribution in [2.45, 2.75) is 38.8 Å². The summed E-state index contributed by atoms with van der Waals surface area (Å²) in [6.45, 7) is 5.74. The fraction of sp³-hybridized carbons (Fsp3) is 1.00. The van der Waals surface area contributed by atoms with Gasteiger partial charge in [0.05, 0.1) is 12.7 Å². The Balaban J connectivity index is 3.27. The number of ether oxygens (including phenoxy) is 2. The van der Waals surface area contributed by atoms with Crippen LogP contribution in [-0.4, -0.2) is 39.5 Å². The molecule has 0 saturated carbocycles. The molecule has 0 fully saturated rings. The lowest BCUT2D eigenvalue weighted by molar-refractivity contribution is 0.0718. The number of methoxy groups -OCH3 is 1. The molecule has 1 atom stereocenters. The highest BCUT2D eigenvalue weighted by molar-refractivity contribution is 4.62. The van der Waals surface area contributed by atoms with E-state index in [1.54, 1.807) is 7.11 Å². The summed E-state index contributed by atoms with van der Waals surface area (Å²) in [5.74, 6) is 0. The number of likely N-dealkylation sites (N-methyl/N-ethyl adjacent to an activating group) is 1. The Hall–Kier alpha value is -0.120. The van der Waals surface area contributed by atoms with Gasteiger partial charge in [0.1, 0.15) is 0 Å². The Morgan fingerprint density at radius 2 is 2.00 bits per heavy atom. The van der Waals surface area contributed by atoms with Crippen LogP contribution in [-0.2, 0) is 9.47 Å². The molecule has 0 aromatic rings. The van der Waals surface area contributed by atoms with Crippen LogP contribution in [0.25, 0.3) is 0 Å². The molecule has 0 aliphatic heterocycles. The summed E-state index contributed by atoms with van der Waals surface area (Å²) in [5.41, 5.74) is 0. The summed E-state index contributed by atoms with van der Waals surface area (Å²) in [4.78, 5) is 0. The smallest absolute Gasteiger partial charge is 0.0615 e. The maximum Gasteiger partial charge on any atom is 0.0615 e. The fourth-order valence-corrected chi connectivity index (χ4v) is 1.16. The topological polar surface area (TPSA) is 30.5 Å². The first kappa shape index (κ1) is 12.9. The first-order valence-electron chi connectivity index (χ1n) is 4.98. The van der Waals surface area contributed by atoms with Gasteiger partial charge in [-0.3, -0.25) is 0 Å². The molecule has 0 heterocycles. The third-order valence-corrected chi connectivity index (χ3v) is 1.92. The number of rotatable bonds is 8. The summed E-state index contributed by atoms with van der Waals surface area (Å²) < 4.78 is 10.5. The molecule has 80 valence electrons. The van der Waals surface area contributed by atoms with Crippen molar-refractivity contribution < 1.29 is 9.47 Å². The standard InChI is InChI=1S/C10H23NO2/c1-9(2)13-7-5-6-10(11-3)8-12-4/h9-11H,5-8H2,1-4H3. The van der Waals surface area contributed by atoms with Gasteiger partial charge < -0.3 is 14.8 Å². The second-order valence-corrected chi connectivity index (χ2v) is 3.50. The zero-order chi connectivity index (χ0) is 10.1. The minimum absolute atomic E-state index is 0.343. The summed E-state index contributed by atoms with van der Waals surface area (Å²) >= 11 is 0. The van der Waals surface area contributed by atoms with Gasteiger partial charge in [-0.2, -0.15) is 0 Å². The predicted octanol–water partition coefficient (Wildman–Crippen LogP) is 1.43. The Morgan fingerprint density at radius 3 is 2.46 bits per heavy atom. The summed E-state index contributed by atoms with van der Waals surface area (Å²) in [5, 5.41) is 3.21. The van der Waals surface area contributed by atoms with Gasteiger partial charge in [-0.25, -0.2) is 0 Å². The Bertz CT molecular complexity index is 107. The summed E-state index contributed by atoms with van der Waals surface area (Å²) in [6.07, 6.45) is 2.54. The molecule has 0 bridgehead atoms. The second-order valence-electron chi connectivity index (χ2n) is 3.50. The molecule has 1 unspecified atom stereocenters. The van der Waals surface area contributed by atoms with Gasteiger partial charge in [-0.1, -0.05) is 0 Å². The molecule has 3 heteroatoms. The highest BCUT2D eigenvalue weighted by Gasteiger charge is 2.04. The molecule has 13 heavy (non-hydrogen) atoms. The van der Waals surface area contributed by atoms with E-state index in [0.29, 0.717) is 12.1 Å². The first-order valence-corrected chi connectivity index (χ1v) is 4.98. The van der Waals surface area contributed by atoms with Crippen LogP contribution in [0.3, 0.4) is 0 Å². The van der Waals surface area contributed by atoms with Gasteiger partial charge in [0.25, 0.3) is 0 Å². The zero-order valence-electron chi connectivity index (χ0n) is 9.30. The van der Waals surface area contributed by atoms with Crippen LogP contribution >= 0.6 is 0 Å². The highest BCUT2D eigenvalue weighted by atomic mass is 16.5. The van der Waals surface area contributed by atoms with Crippen LogP contribution in [0.1, 0.15) is 26.7 Å². The van der Waals surface area contributed by atoms with Crippen LogP contribution in [0.4, 0.5) is 0 Å². The van der Waals surface area contributed by atoms with Crippen molar-refractivity contribution >= 4 is 0 Å². The molecular weight excluding hydrogens is 166 g/mol. The van der Waals surface area contributed by atoms with Crippen LogP contribution in [0, 0.1) is 0 Å². The van der Waals surface area contributed by atoms with E-state index in [1.165, 1.54) is 0 Å². The third-order valence-electron chi connectivity index (χ3n) is 1.92. The van der Waals surface area contributed by atoms with E-state index < -0.39 is 0 Å². The van der Waals surface area contributed by atoms with Crippen molar-refractivity contribution in [3.63, 3.8) is 0 Å². The van der Waals surface area contributed by atoms with E-state index in [0.717, 1.165) is 26.1 Å². The van der Waals surface area contributed by atoms with E-state index in [9.17, 15) is 0 Å². The second kappa shape index (κ2) is 8.48. The number of hydrogen-bond donors (Lipinski definition) is 1. The van der Waals surface area contributed by atoms with Crippen molar-refractivity contribution in [1.29, 1.82) is 0 Å². The normalized spacial score (nSPS) is 13.6. The van der Waals surface area contributed by atoms with E-state index in [-0.39, 0.29) is 0 Å². The molecular formula is C10H23NO2. The van der Waals surface area contributed by atoms with E-state index in [2.05, 4.69) is 19.2 Å². The molecule has 0 aromatic carbocycles. The van der Waals surface area contributed by atoms with E-state index in [4.69, 9.17) is 9.47 Å². The Morgan fingerprint density at radius 1 is 1.31 bits per heavy atom. The summed E-state index contributed by atoms with van der Waals surface area (Å²) in [7, 11) is 3.70. The van der Waals surface area contributed by atoms with Gasteiger partial charge in [-0.05, 0) is 33.7 Å². The van der Waals surface area contributed by atoms with Crippen LogP contribution in [0.15, 0.2) is 0 Å². The molecule has 0 aliphatic carbocycles. The molecule has 3 nitrogen and oxygen atoms in total. The largest absolute Gasteiger partial charge is 0.383 e. The van der Waals surface area contributed by atoms with E-state index in [1.807, 2.05) is 7.05 Å². The molecule has 0 radical (unpaired) electrons. The molecule has 0 aromatic heterocycles. The lowest BCUT2D eigenvalue weighted by Crippen LogP contribution is -2.30. The van der Waals surface area contributed by atoms with Crippen molar-refractivity contribution in [2.24, 2.45) is 0 Å². The molecule has 0 saturated heterocycles. The van der Waals surface area contributed by atoms with Gasteiger partial charge >= 0.3 is 0 Å². The van der Waals surface area contributed by atoms with Gasteiger partial charge in [-0.15, -0.1) is 0 Å². The Labute approximate surface area is 81.8 Å². The van der Waals surface area contributed by atoms with E-state index >= 15 is 0 Å². The zero-order valence-corrected chi connectivity index (χ0v) is 9.30. The van der Waals surface area contributed by atoms with Crippen molar-refractivity contribution in [1.82, 2.24) is 5.32 Å². The van der Waals surface area contributed by atoms with Crippen LogP contribution < -0.4 is 5.32 Å². The molecule has 0 amide bonds. The van der Waals surface area contributed by atoms with Gasteiger partial charge in [0.2, 0.25) is 0 Å². The molecule has 0 aliphatic rings. The summed E-state index contributed by atoms with van der Waals surface area (Å²) in [6, 6.07) is 0.459. The third kappa shape index (κ3) is 8.22. The monoisotopic (exact) mass is 189 g/mol. The van der Waals surface area contributed by atoms with Gasteiger partial charge in [0, 0.05) is 19.8 Å². The number of nitrogens with one attached hydrogen (secondary N) is 1. The van der Waals surface area contributed by atoms with Crippen molar-refractivity contribution in [3.05, 3.63) is 0 Å². The quantitative estimate of drug-likeness (QED) is 0.586. The fourth-order valence-electron chi connectivity index (χ4n) is 1.16. The maximum absolute atomic E-state index is 5.45. The first-order chi connectivity index (χ1) is 6.20. The predicted molar refractivity (Wildman–Crippen MR) is 55.0 cm³/mol. The average Bonchev–Trinajstić information content (AvgIpc) is 2.10. The SMILES string of the molecule is CNC(CCCOC(C)C)COC. The van der Waals surface area contributed by atoms with Crippen molar-refractivity contribution in [2.75, 3.05) is 27.4 Å². The average molecular weight is 189 g/mol.